The molecule has 4 aromatic heterocycles. The molecule has 30 heavy (non-hydrogen) atoms. The molecule has 5 aromatic rings. The van der Waals surface area contributed by atoms with E-state index in [1.165, 1.54) is 6.42 Å². The monoisotopic (exact) mass is 403 g/mol. The van der Waals surface area contributed by atoms with Crippen LogP contribution in [-0.2, 0) is 6.54 Å². The molecule has 4 heterocycles. The number of aromatic amines is 1. The van der Waals surface area contributed by atoms with Gasteiger partial charge in [0.05, 0.1) is 23.8 Å². The molecule has 7 heteroatoms. The molecule has 1 aromatic carbocycles. The van der Waals surface area contributed by atoms with Gasteiger partial charge in [0.2, 0.25) is 0 Å². The molecule has 1 atom stereocenters. The van der Waals surface area contributed by atoms with E-state index in [1.54, 1.807) is 10.8 Å². The molecule has 5 rings (SSSR count). The van der Waals surface area contributed by atoms with E-state index in [-0.39, 0.29) is 11.7 Å². The van der Waals surface area contributed by atoms with Gasteiger partial charge in [0.25, 0.3) is 0 Å². The Morgan fingerprint density at radius 3 is 2.90 bits per heavy atom. The van der Waals surface area contributed by atoms with Gasteiger partial charge in [-0.3, -0.25) is 9.13 Å². The minimum Gasteiger partial charge on any atom is -0.356 e. The Balaban J connectivity index is 1.68. The van der Waals surface area contributed by atoms with Gasteiger partial charge in [-0.05, 0) is 31.5 Å². The van der Waals surface area contributed by atoms with Gasteiger partial charge in [0.1, 0.15) is 11.3 Å². The molecule has 154 valence electrons. The van der Waals surface area contributed by atoms with E-state index < -0.39 is 0 Å². The SMILES string of the molecule is CCCCCC(C)n1c(=O)n(Cc2noc3ccccc23)c2cnc3[nH]ccc3c21. The number of benzene rings is 1. The number of rotatable bonds is 7. The van der Waals surface area contributed by atoms with E-state index >= 15 is 0 Å². The number of hydrogen-bond acceptors (Lipinski definition) is 4. The molecule has 1 unspecified atom stereocenters. The first-order chi connectivity index (χ1) is 14.7. The maximum Gasteiger partial charge on any atom is 0.329 e. The largest absolute Gasteiger partial charge is 0.356 e. The molecule has 0 aliphatic carbocycles. The van der Waals surface area contributed by atoms with Crippen molar-refractivity contribution in [3.63, 3.8) is 0 Å². The summed E-state index contributed by atoms with van der Waals surface area (Å²) in [7, 11) is 0. The average molecular weight is 403 g/mol. The third-order valence-corrected chi connectivity index (χ3v) is 5.93. The molecule has 1 N–H and O–H groups in total. The fourth-order valence-electron chi connectivity index (χ4n) is 4.35. The lowest BCUT2D eigenvalue weighted by atomic mass is 10.1. The van der Waals surface area contributed by atoms with Crippen molar-refractivity contribution < 1.29 is 4.52 Å². The lowest BCUT2D eigenvalue weighted by molar-refractivity contribution is 0.440. The number of hydrogen-bond donors (Lipinski definition) is 1. The Kier molecular flexibility index (Phi) is 4.65. The number of imidazole rings is 1. The van der Waals surface area contributed by atoms with Gasteiger partial charge in [0, 0.05) is 23.0 Å². The highest BCUT2D eigenvalue weighted by Crippen LogP contribution is 2.28. The normalized spacial score (nSPS) is 13.0. The summed E-state index contributed by atoms with van der Waals surface area (Å²) >= 11 is 0. The molecule has 0 saturated heterocycles. The first kappa shape index (κ1) is 18.7. The Labute approximate surface area is 173 Å². The molecule has 0 radical (unpaired) electrons. The van der Waals surface area contributed by atoms with Crippen molar-refractivity contribution >= 4 is 33.0 Å². The highest BCUT2D eigenvalue weighted by atomic mass is 16.5. The van der Waals surface area contributed by atoms with Gasteiger partial charge >= 0.3 is 5.69 Å². The summed E-state index contributed by atoms with van der Waals surface area (Å²) in [4.78, 5) is 21.3. The summed E-state index contributed by atoms with van der Waals surface area (Å²) in [5, 5.41) is 6.13. The maximum atomic E-state index is 13.6. The van der Waals surface area contributed by atoms with Crippen molar-refractivity contribution in [3.8, 4) is 0 Å². The number of nitrogens with zero attached hydrogens (tertiary/aromatic N) is 4. The third-order valence-electron chi connectivity index (χ3n) is 5.93. The van der Waals surface area contributed by atoms with Crippen molar-refractivity contribution in [1.82, 2.24) is 24.3 Å². The lowest BCUT2D eigenvalue weighted by Crippen LogP contribution is -2.27. The van der Waals surface area contributed by atoms with E-state index in [1.807, 2.05) is 41.1 Å². The number of unbranched alkanes of at least 4 members (excludes halogenated alkanes) is 2. The number of nitrogens with one attached hydrogen (secondary N) is 1. The standard InChI is InChI=1S/C23H25N5O2/c1-3-4-5-8-15(2)28-21-17-11-12-24-22(17)25-13-19(21)27(23(28)29)14-18-16-9-6-7-10-20(16)30-26-18/h6-7,9-13,15H,3-5,8,14H2,1-2H3,(H,24,25). The Bertz CT molecular complexity index is 1390. The van der Waals surface area contributed by atoms with Crippen LogP contribution in [0, 0.1) is 0 Å². The summed E-state index contributed by atoms with van der Waals surface area (Å²) in [6.07, 6.45) is 8.06. The molecular formula is C23H25N5O2. The van der Waals surface area contributed by atoms with Gasteiger partial charge < -0.3 is 9.51 Å². The van der Waals surface area contributed by atoms with E-state index in [9.17, 15) is 4.79 Å². The number of para-hydroxylation sites is 1. The average Bonchev–Trinajstić information content (AvgIpc) is 3.45. The summed E-state index contributed by atoms with van der Waals surface area (Å²) < 4.78 is 9.17. The van der Waals surface area contributed by atoms with Crippen LogP contribution in [0.4, 0.5) is 0 Å². The smallest absolute Gasteiger partial charge is 0.329 e. The first-order valence-corrected chi connectivity index (χ1v) is 10.6. The minimum atomic E-state index is -0.0309. The van der Waals surface area contributed by atoms with Crippen molar-refractivity contribution in [2.24, 2.45) is 0 Å². The fourth-order valence-corrected chi connectivity index (χ4v) is 4.35. The van der Waals surface area contributed by atoms with Crippen molar-refractivity contribution in [2.45, 2.75) is 52.1 Å². The van der Waals surface area contributed by atoms with E-state index in [0.717, 1.165) is 58.0 Å². The van der Waals surface area contributed by atoms with Crippen LogP contribution >= 0.6 is 0 Å². The predicted octanol–water partition coefficient (Wildman–Crippen LogP) is 5.01. The summed E-state index contributed by atoms with van der Waals surface area (Å²) in [5.74, 6) is 0. The second kappa shape index (κ2) is 7.48. The van der Waals surface area contributed by atoms with E-state index in [2.05, 4.69) is 29.0 Å². The van der Waals surface area contributed by atoms with E-state index in [0.29, 0.717) is 6.54 Å². The van der Waals surface area contributed by atoms with Gasteiger partial charge in [-0.1, -0.05) is 43.5 Å². The number of H-pyrrole nitrogens is 1. The predicted molar refractivity (Wildman–Crippen MR) is 118 cm³/mol. The molecule has 0 spiro atoms. The number of fused-ring (bicyclic) bond motifs is 4. The van der Waals surface area contributed by atoms with Gasteiger partial charge in [-0.15, -0.1) is 0 Å². The van der Waals surface area contributed by atoms with Crippen LogP contribution in [0.25, 0.3) is 33.0 Å². The van der Waals surface area contributed by atoms with Crippen molar-refractivity contribution in [2.75, 3.05) is 0 Å². The third kappa shape index (κ3) is 2.93. The van der Waals surface area contributed by atoms with Crippen molar-refractivity contribution in [1.29, 1.82) is 0 Å². The molecular weight excluding hydrogens is 378 g/mol. The molecule has 0 fully saturated rings. The zero-order valence-electron chi connectivity index (χ0n) is 17.3. The van der Waals surface area contributed by atoms with Crippen LogP contribution in [-0.4, -0.2) is 24.3 Å². The second-order valence-corrected chi connectivity index (χ2v) is 7.94. The number of pyridine rings is 1. The zero-order valence-corrected chi connectivity index (χ0v) is 17.3. The Hall–Kier alpha value is -3.35. The fraction of sp³-hybridized carbons (Fsp3) is 0.348. The van der Waals surface area contributed by atoms with Crippen molar-refractivity contribution in [3.05, 3.63) is 58.9 Å². The van der Waals surface area contributed by atoms with Crippen LogP contribution in [0.2, 0.25) is 0 Å². The quantitative estimate of drug-likeness (QED) is 0.387. The summed E-state index contributed by atoms with van der Waals surface area (Å²) in [5.41, 5.74) is 3.99. The van der Waals surface area contributed by atoms with Crippen LogP contribution < -0.4 is 5.69 Å². The zero-order chi connectivity index (χ0) is 20.7. The Morgan fingerprint density at radius 1 is 1.17 bits per heavy atom. The lowest BCUT2D eigenvalue weighted by Gasteiger charge is -2.13. The molecule has 0 aliphatic rings. The van der Waals surface area contributed by atoms with Crippen LogP contribution in [0.3, 0.4) is 0 Å². The van der Waals surface area contributed by atoms with Crippen LogP contribution in [0.5, 0.6) is 0 Å². The minimum absolute atomic E-state index is 0.0309. The summed E-state index contributed by atoms with van der Waals surface area (Å²) in [6, 6.07) is 9.83. The number of aromatic nitrogens is 5. The van der Waals surface area contributed by atoms with Gasteiger partial charge in [-0.25, -0.2) is 9.78 Å². The van der Waals surface area contributed by atoms with Crippen LogP contribution in [0.1, 0.15) is 51.3 Å². The van der Waals surface area contributed by atoms with E-state index in [4.69, 9.17) is 4.52 Å². The Morgan fingerprint density at radius 2 is 2.03 bits per heavy atom. The van der Waals surface area contributed by atoms with Gasteiger partial charge in [0.15, 0.2) is 5.58 Å². The topological polar surface area (TPSA) is 81.6 Å². The highest BCUT2D eigenvalue weighted by molar-refractivity contribution is 6.01. The molecule has 0 bridgehead atoms. The molecule has 7 nitrogen and oxygen atoms in total. The molecule has 0 aliphatic heterocycles. The molecule has 0 saturated carbocycles. The maximum absolute atomic E-state index is 13.6. The second-order valence-electron chi connectivity index (χ2n) is 7.94. The first-order valence-electron chi connectivity index (χ1n) is 10.6. The van der Waals surface area contributed by atoms with Gasteiger partial charge in [-0.2, -0.15) is 0 Å². The summed E-state index contributed by atoms with van der Waals surface area (Å²) in [6.45, 7) is 4.67. The highest BCUT2D eigenvalue weighted by Gasteiger charge is 2.22. The van der Waals surface area contributed by atoms with Crippen LogP contribution in [0.15, 0.2) is 52.0 Å². The molecule has 0 amide bonds.